The molecule has 0 radical (unpaired) electrons. The lowest BCUT2D eigenvalue weighted by Crippen LogP contribution is -2.46. The Morgan fingerprint density at radius 1 is 1.32 bits per heavy atom. The van der Waals surface area contributed by atoms with E-state index in [1.165, 1.54) is 22.8 Å². The molecule has 0 aliphatic rings. The first kappa shape index (κ1) is 19.4. The number of benzene rings is 1. The van der Waals surface area contributed by atoms with Crippen LogP contribution in [0.15, 0.2) is 40.6 Å². The highest BCUT2D eigenvalue weighted by atomic mass is 32.2. The Kier molecular flexibility index (Phi) is 5.55. The zero-order valence-corrected chi connectivity index (χ0v) is 16.2. The van der Waals surface area contributed by atoms with Crippen LogP contribution in [0.5, 0.6) is 0 Å². The van der Waals surface area contributed by atoms with Crippen LogP contribution in [0.2, 0.25) is 0 Å². The standard InChI is InChI=1S/C17H22N2O4S2/c1-12-6-5-7-13(8-12)19(4)25(22,23)14-9-15(24-10-14)16(21)18-17(2,3)11-20/h5-10,20H,11H2,1-4H3,(H,18,21). The van der Waals surface area contributed by atoms with Gasteiger partial charge in [0.1, 0.15) is 0 Å². The Balaban J connectivity index is 2.27. The number of anilines is 1. The van der Waals surface area contributed by atoms with Gasteiger partial charge in [0, 0.05) is 12.4 Å². The van der Waals surface area contributed by atoms with Crippen molar-refractivity contribution in [2.45, 2.75) is 31.2 Å². The second-order valence-electron chi connectivity index (χ2n) is 6.45. The summed E-state index contributed by atoms with van der Waals surface area (Å²) in [6.07, 6.45) is 0. The van der Waals surface area contributed by atoms with E-state index < -0.39 is 21.5 Å². The molecule has 0 bridgehead atoms. The Morgan fingerprint density at radius 2 is 2.00 bits per heavy atom. The summed E-state index contributed by atoms with van der Waals surface area (Å²) in [5.74, 6) is -0.413. The van der Waals surface area contributed by atoms with Gasteiger partial charge in [0.05, 0.1) is 27.6 Å². The lowest BCUT2D eigenvalue weighted by molar-refractivity contribution is 0.0873. The van der Waals surface area contributed by atoms with Crippen molar-refractivity contribution >= 4 is 33.0 Å². The number of amides is 1. The molecule has 8 heteroatoms. The van der Waals surface area contributed by atoms with Crippen LogP contribution in [-0.2, 0) is 10.0 Å². The van der Waals surface area contributed by atoms with Crippen molar-refractivity contribution in [1.82, 2.24) is 5.32 Å². The topological polar surface area (TPSA) is 86.7 Å². The van der Waals surface area contributed by atoms with Crippen molar-refractivity contribution in [1.29, 1.82) is 0 Å². The van der Waals surface area contributed by atoms with Crippen LogP contribution in [0.3, 0.4) is 0 Å². The SMILES string of the molecule is Cc1cccc(N(C)S(=O)(=O)c2csc(C(=O)NC(C)(C)CO)c2)c1. The summed E-state index contributed by atoms with van der Waals surface area (Å²) in [6.45, 7) is 5.04. The molecule has 6 nitrogen and oxygen atoms in total. The molecule has 1 aromatic heterocycles. The number of thiophene rings is 1. The van der Waals surface area contributed by atoms with E-state index in [2.05, 4.69) is 5.32 Å². The first-order chi connectivity index (χ1) is 11.6. The molecule has 0 spiro atoms. The van der Waals surface area contributed by atoms with Crippen LogP contribution in [0.4, 0.5) is 5.69 Å². The number of aliphatic hydroxyl groups is 1. The van der Waals surface area contributed by atoms with Gasteiger partial charge in [-0.1, -0.05) is 12.1 Å². The summed E-state index contributed by atoms with van der Waals surface area (Å²) in [6, 6.07) is 8.53. The fourth-order valence-electron chi connectivity index (χ4n) is 2.10. The number of sulfonamides is 1. The number of hydrogen-bond donors (Lipinski definition) is 2. The van der Waals surface area contributed by atoms with Crippen molar-refractivity contribution in [3.63, 3.8) is 0 Å². The normalized spacial score (nSPS) is 12.0. The summed E-state index contributed by atoms with van der Waals surface area (Å²) in [4.78, 5) is 12.6. The summed E-state index contributed by atoms with van der Waals surface area (Å²) < 4.78 is 26.8. The lowest BCUT2D eigenvalue weighted by atomic mass is 10.1. The van der Waals surface area contributed by atoms with Crippen LogP contribution >= 0.6 is 11.3 Å². The molecule has 2 aromatic rings. The molecule has 136 valence electrons. The maximum absolute atomic E-state index is 12.8. The van der Waals surface area contributed by atoms with Gasteiger partial charge in [0.15, 0.2) is 0 Å². The molecule has 0 aliphatic carbocycles. The third kappa shape index (κ3) is 4.39. The highest BCUT2D eigenvalue weighted by molar-refractivity contribution is 7.93. The van der Waals surface area contributed by atoms with Gasteiger partial charge >= 0.3 is 0 Å². The van der Waals surface area contributed by atoms with E-state index in [0.29, 0.717) is 5.69 Å². The Labute approximate surface area is 152 Å². The minimum absolute atomic E-state index is 0.0634. The minimum Gasteiger partial charge on any atom is -0.394 e. The minimum atomic E-state index is -3.76. The Bertz CT molecular complexity index is 872. The summed E-state index contributed by atoms with van der Waals surface area (Å²) in [5, 5.41) is 13.3. The molecule has 2 rings (SSSR count). The van der Waals surface area contributed by atoms with Gasteiger partial charge < -0.3 is 10.4 Å². The highest BCUT2D eigenvalue weighted by Crippen LogP contribution is 2.26. The molecule has 2 N–H and O–H groups in total. The predicted octanol–water partition coefficient (Wildman–Crippen LogP) is 2.38. The second-order valence-corrected chi connectivity index (χ2v) is 9.33. The van der Waals surface area contributed by atoms with Gasteiger partial charge in [0.2, 0.25) is 0 Å². The number of nitrogens with zero attached hydrogens (tertiary/aromatic N) is 1. The van der Waals surface area contributed by atoms with Crippen LogP contribution in [0.25, 0.3) is 0 Å². The van der Waals surface area contributed by atoms with Crippen LogP contribution in [0.1, 0.15) is 29.1 Å². The molecule has 0 aliphatic heterocycles. The number of carbonyl (C=O) groups is 1. The molecule has 1 aromatic carbocycles. The fourth-order valence-corrected chi connectivity index (χ4v) is 4.45. The molecule has 0 atom stereocenters. The predicted molar refractivity (Wildman–Crippen MR) is 99.7 cm³/mol. The van der Waals surface area contributed by atoms with Crippen LogP contribution in [-0.4, -0.2) is 38.6 Å². The lowest BCUT2D eigenvalue weighted by Gasteiger charge is -2.22. The summed E-state index contributed by atoms with van der Waals surface area (Å²) in [7, 11) is -2.27. The summed E-state index contributed by atoms with van der Waals surface area (Å²) in [5.41, 5.74) is 0.730. The van der Waals surface area contributed by atoms with Crippen molar-refractivity contribution in [3.05, 3.63) is 46.2 Å². The quantitative estimate of drug-likeness (QED) is 0.803. The first-order valence-corrected chi connectivity index (χ1v) is 9.96. The molecule has 0 saturated heterocycles. The average molecular weight is 383 g/mol. The molecule has 0 unspecified atom stereocenters. The van der Waals surface area contributed by atoms with Gasteiger partial charge in [-0.2, -0.15) is 0 Å². The molecular weight excluding hydrogens is 360 g/mol. The fraction of sp³-hybridized carbons (Fsp3) is 0.353. The van der Waals surface area contributed by atoms with Crippen molar-refractivity contribution < 1.29 is 18.3 Å². The molecule has 0 saturated carbocycles. The Morgan fingerprint density at radius 3 is 2.60 bits per heavy atom. The number of aliphatic hydroxyl groups excluding tert-OH is 1. The van der Waals surface area contributed by atoms with Gasteiger partial charge in [0.25, 0.3) is 15.9 Å². The van der Waals surface area contributed by atoms with Crippen molar-refractivity contribution in [2.75, 3.05) is 18.0 Å². The molecule has 1 heterocycles. The number of hydrogen-bond acceptors (Lipinski definition) is 5. The Hall–Kier alpha value is -1.90. The number of aryl methyl sites for hydroxylation is 1. The second kappa shape index (κ2) is 7.15. The van der Waals surface area contributed by atoms with E-state index in [0.717, 1.165) is 16.9 Å². The maximum Gasteiger partial charge on any atom is 0.264 e. The summed E-state index contributed by atoms with van der Waals surface area (Å²) >= 11 is 1.05. The molecule has 1 amide bonds. The maximum atomic E-state index is 12.8. The highest BCUT2D eigenvalue weighted by Gasteiger charge is 2.26. The smallest absolute Gasteiger partial charge is 0.264 e. The van der Waals surface area contributed by atoms with Crippen molar-refractivity contribution in [3.8, 4) is 0 Å². The van der Waals surface area contributed by atoms with E-state index in [1.54, 1.807) is 32.0 Å². The largest absolute Gasteiger partial charge is 0.394 e. The molecular formula is C17H22N2O4S2. The van der Waals surface area contributed by atoms with E-state index in [1.807, 2.05) is 13.0 Å². The van der Waals surface area contributed by atoms with E-state index in [9.17, 15) is 18.3 Å². The zero-order valence-electron chi connectivity index (χ0n) is 14.6. The monoisotopic (exact) mass is 382 g/mol. The molecule has 25 heavy (non-hydrogen) atoms. The third-order valence-corrected chi connectivity index (χ3v) is 6.51. The van der Waals surface area contributed by atoms with Crippen LogP contribution < -0.4 is 9.62 Å². The van der Waals surface area contributed by atoms with Gasteiger partial charge in [-0.3, -0.25) is 9.10 Å². The van der Waals surface area contributed by atoms with Gasteiger partial charge in [-0.05, 0) is 44.5 Å². The number of rotatable bonds is 6. The van der Waals surface area contributed by atoms with E-state index in [4.69, 9.17) is 0 Å². The number of nitrogens with one attached hydrogen (secondary N) is 1. The van der Waals surface area contributed by atoms with Crippen LogP contribution in [0, 0.1) is 6.92 Å². The third-order valence-electron chi connectivity index (χ3n) is 3.67. The first-order valence-electron chi connectivity index (χ1n) is 7.64. The average Bonchev–Trinajstić information content (AvgIpc) is 3.04. The van der Waals surface area contributed by atoms with E-state index >= 15 is 0 Å². The molecule has 0 fully saturated rings. The van der Waals surface area contributed by atoms with Crippen molar-refractivity contribution in [2.24, 2.45) is 0 Å². The van der Waals surface area contributed by atoms with E-state index in [-0.39, 0.29) is 16.4 Å². The number of carbonyl (C=O) groups excluding carboxylic acids is 1. The van der Waals surface area contributed by atoms with Gasteiger partial charge in [-0.25, -0.2) is 8.42 Å². The zero-order chi connectivity index (χ0) is 18.8. The van der Waals surface area contributed by atoms with Gasteiger partial charge in [-0.15, -0.1) is 11.3 Å².